The van der Waals surface area contributed by atoms with Gasteiger partial charge in [-0.05, 0) is 13.8 Å². The monoisotopic (exact) mass is 345 g/mol. The molecule has 0 radical (unpaired) electrons. The van der Waals surface area contributed by atoms with Crippen LogP contribution >= 0.6 is 0 Å². The van der Waals surface area contributed by atoms with Crippen molar-refractivity contribution < 1.29 is 28.5 Å². The summed E-state index contributed by atoms with van der Waals surface area (Å²) in [5.41, 5.74) is 3.61. The number of aromatic nitrogens is 4. The van der Waals surface area contributed by atoms with Gasteiger partial charge in [-0.25, -0.2) is 13.8 Å². The van der Waals surface area contributed by atoms with Crippen LogP contribution in [0.2, 0.25) is 0 Å². The van der Waals surface area contributed by atoms with Crippen LogP contribution in [-0.2, 0) is 4.74 Å². The van der Waals surface area contributed by atoms with Gasteiger partial charge in [0.2, 0.25) is 11.8 Å². The molecule has 132 valence electrons. The minimum absolute atomic E-state index is 0.0746. The molecule has 24 heavy (non-hydrogen) atoms. The van der Waals surface area contributed by atoms with Crippen LogP contribution < -0.4 is 10.5 Å². The lowest BCUT2D eigenvalue weighted by Crippen LogP contribution is -2.45. The lowest BCUT2D eigenvalue weighted by Gasteiger charge is -2.25. The normalized spacial score (nSPS) is 33.2. The Labute approximate surface area is 135 Å². The molecule has 2 aromatic heterocycles. The minimum atomic E-state index is -3.05. The van der Waals surface area contributed by atoms with Gasteiger partial charge in [-0.1, -0.05) is 0 Å². The third-order valence-corrected chi connectivity index (χ3v) is 3.86. The zero-order chi connectivity index (χ0) is 17.7. The average molecular weight is 345 g/mol. The molecule has 4 N–H and O–H groups in total. The number of hydrogen-bond donors (Lipinski definition) is 3. The molecule has 1 fully saturated rings. The lowest BCUT2D eigenvalue weighted by atomic mass is 9.97. The number of aliphatic hydroxyl groups is 2. The number of halogens is 2. The van der Waals surface area contributed by atoms with E-state index in [1.54, 1.807) is 6.92 Å². The Morgan fingerprint density at radius 3 is 2.79 bits per heavy atom. The number of alkyl halides is 2. The second-order valence-corrected chi connectivity index (χ2v) is 5.65. The number of hydrogen-bond acceptors (Lipinski definition) is 8. The van der Waals surface area contributed by atoms with E-state index < -0.39 is 30.5 Å². The van der Waals surface area contributed by atoms with E-state index in [1.807, 2.05) is 0 Å². The summed E-state index contributed by atoms with van der Waals surface area (Å²) in [5.74, 6) is -3.09. The van der Waals surface area contributed by atoms with Crippen molar-refractivity contribution in [1.82, 2.24) is 19.5 Å². The molecule has 0 aromatic carbocycles. The van der Waals surface area contributed by atoms with Crippen molar-refractivity contribution in [3.05, 3.63) is 6.33 Å². The van der Waals surface area contributed by atoms with Crippen LogP contribution in [0.15, 0.2) is 6.33 Å². The van der Waals surface area contributed by atoms with Crippen LogP contribution in [0.25, 0.3) is 11.2 Å². The van der Waals surface area contributed by atoms with Crippen molar-refractivity contribution in [2.75, 3.05) is 18.9 Å². The number of fused-ring (bicyclic) bond motifs is 1. The molecule has 0 unspecified atom stereocenters. The van der Waals surface area contributed by atoms with Crippen LogP contribution in [0.1, 0.15) is 20.1 Å². The van der Waals surface area contributed by atoms with E-state index in [-0.39, 0.29) is 23.0 Å². The summed E-state index contributed by atoms with van der Waals surface area (Å²) >= 11 is 0. The highest BCUT2D eigenvalue weighted by Gasteiger charge is 2.64. The smallest absolute Gasteiger partial charge is 0.268 e. The van der Waals surface area contributed by atoms with Gasteiger partial charge in [0.1, 0.15) is 12.2 Å². The minimum Gasteiger partial charge on any atom is -0.476 e. The van der Waals surface area contributed by atoms with E-state index in [9.17, 15) is 13.9 Å². The Balaban J connectivity index is 2.13. The summed E-state index contributed by atoms with van der Waals surface area (Å²) < 4.78 is 40.0. The topological polar surface area (TPSA) is 129 Å². The van der Waals surface area contributed by atoms with Crippen LogP contribution in [-0.4, -0.2) is 60.6 Å². The first-order chi connectivity index (χ1) is 11.2. The van der Waals surface area contributed by atoms with Gasteiger partial charge >= 0.3 is 0 Å². The molecule has 1 saturated heterocycles. The molecule has 1 aliphatic rings. The highest BCUT2D eigenvalue weighted by molar-refractivity contribution is 5.77. The Bertz CT molecular complexity index is 770. The van der Waals surface area contributed by atoms with Crippen LogP contribution in [0.3, 0.4) is 0 Å². The zero-order valence-electron chi connectivity index (χ0n) is 13.0. The summed E-state index contributed by atoms with van der Waals surface area (Å²) in [7, 11) is 0. The third-order valence-electron chi connectivity index (χ3n) is 3.86. The van der Waals surface area contributed by atoms with E-state index in [0.29, 0.717) is 6.61 Å². The van der Waals surface area contributed by atoms with Crippen molar-refractivity contribution in [2.24, 2.45) is 0 Å². The molecular weight excluding hydrogens is 328 g/mol. The third kappa shape index (κ3) is 2.27. The predicted molar refractivity (Wildman–Crippen MR) is 77.5 cm³/mol. The lowest BCUT2D eigenvalue weighted by molar-refractivity contribution is -0.196. The fourth-order valence-electron chi connectivity index (χ4n) is 2.70. The quantitative estimate of drug-likeness (QED) is 0.711. The molecule has 3 heterocycles. The number of ether oxygens (including phenoxy) is 2. The molecule has 4 atom stereocenters. The van der Waals surface area contributed by atoms with Gasteiger partial charge in [0.25, 0.3) is 5.85 Å². The standard InChI is InChI=1S/C13H17F2N5O4/c1-3-23-8-6-7(18-11(16)19-8)20(5-17-6)10-12(2,22)9(14)13(15,4-21)24-10/h5,9-10,21-22H,3-4H2,1-2H3,(H2,16,18,19)/t9-,10+,12+,13+/m0/s1. The molecule has 0 aliphatic carbocycles. The Hall–Kier alpha value is -2.11. The number of nitrogens with two attached hydrogens (primary N) is 1. The average Bonchev–Trinajstić information content (AvgIpc) is 3.01. The molecule has 2 aromatic rings. The molecule has 0 saturated carbocycles. The molecule has 11 heteroatoms. The van der Waals surface area contributed by atoms with Gasteiger partial charge in [-0.15, -0.1) is 0 Å². The Morgan fingerprint density at radius 1 is 1.50 bits per heavy atom. The summed E-state index contributed by atoms with van der Waals surface area (Å²) in [5, 5.41) is 19.4. The summed E-state index contributed by atoms with van der Waals surface area (Å²) in [6.45, 7) is 1.83. The molecule has 0 amide bonds. The molecule has 0 bridgehead atoms. The molecular formula is C13H17F2N5O4. The van der Waals surface area contributed by atoms with Crippen molar-refractivity contribution in [3.8, 4) is 5.88 Å². The molecule has 1 aliphatic heterocycles. The first-order valence-corrected chi connectivity index (χ1v) is 7.21. The second-order valence-electron chi connectivity index (χ2n) is 5.65. The van der Waals surface area contributed by atoms with E-state index in [1.165, 1.54) is 6.33 Å². The molecule has 9 nitrogen and oxygen atoms in total. The summed E-state index contributed by atoms with van der Waals surface area (Å²) in [6, 6.07) is 0. The van der Waals surface area contributed by atoms with E-state index in [2.05, 4.69) is 15.0 Å². The first kappa shape index (κ1) is 16.7. The van der Waals surface area contributed by atoms with E-state index in [0.717, 1.165) is 11.5 Å². The van der Waals surface area contributed by atoms with Crippen molar-refractivity contribution >= 4 is 17.1 Å². The highest BCUT2D eigenvalue weighted by atomic mass is 19.2. The summed E-state index contributed by atoms with van der Waals surface area (Å²) in [6.07, 6.45) is -2.84. The number of rotatable bonds is 4. The Kier molecular flexibility index (Phi) is 3.81. The Morgan fingerprint density at radius 2 is 2.21 bits per heavy atom. The van der Waals surface area contributed by atoms with Gasteiger partial charge in [-0.3, -0.25) is 4.57 Å². The van der Waals surface area contributed by atoms with Gasteiger partial charge in [0.05, 0.1) is 12.9 Å². The second kappa shape index (κ2) is 5.46. The van der Waals surface area contributed by atoms with Crippen LogP contribution in [0, 0.1) is 0 Å². The summed E-state index contributed by atoms with van der Waals surface area (Å²) in [4.78, 5) is 11.9. The highest BCUT2D eigenvalue weighted by Crippen LogP contribution is 2.47. The number of anilines is 1. The molecule has 0 spiro atoms. The number of aliphatic hydroxyl groups excluding tert-OH is 1. The van der Waals surface area contributed by atoms with Gasteiger partial charge in [-0.2, -0.15) is 9.97 Å². The van der Waals surface area contributed by atoms with Crippen LogP contribution in [0.4, 0.5) is 14.7 Å². The fourth-order valence-corrected chi connectivity index (χ4v) is 2.70. The number of imidazole rings is 1. The van der Waals surface area contributed by atoms with Crippen LogP contribution in [0.5, 0.6) is 5.88 Å². The largest absolute Gasteiger partial charge is 0.476 e. The van der Waals surface area contributed by atoms with Gasteiger partial charge < -0.3 is 25.4 Å². The van der Waals surface area contributed by atoms with Gasteiger partial charge in [0, 0.05) is 0 Å². The number of nitrogen functional groups attached to an aromatic ring is 1. The maximum absolute atomic E-state index is 14.3. The molecule has 3 rings (SSSR count). The van der Waals surface area contributed by atoms with Crippen molar-refractivity contribution in [2.45, 2.75) is 37.7 Å². The first-order valence-electron chi connectivity index (χ1n) is 7.21. The van der Waals surface area contributed by atoms with Crippen molar-refractivity contribution in [3.63, 3.8) is 0 Å². The fraction of sp³-hybridized carbons (Fsp3) is 0.615. The SMILES string of the molecule is CCOc1nc(N)nc2c1ncn2[C@@H]1O[C@](F)(CO)[C@@H](F)[C@@]1(C)O. The zero-order valence-corrected chi connectivity index (χ0v) is 13.0. The maximum atomic E-state index is 14.3. The number of nitrogens with zero attached hydrogens (tertiary/aromatic N) is 4. The van der Waals surface area contributed by atoms with E-state index >= 15 is 0 Å². The maximum Gasteiger partial charge on any atom is 0.268 e. The van der Waals surface area contributed by atoms with E-state index in [4.69, 9.17) is 20.3 Å². The predicted octanol–water partition coefficient (Wildman–Crippen LogP) is 0.0832. The van der Waals surface area contributed by atoms with Crippen molar-refractivity contribution in [1.29, 1.82) is 0 Å². The van der Waals surface area contributed by atoms with Gasteiger partial charge in [0.15, 0.2) is 23.6 Å².